The van der Waals surface area contributed by atoms with Gasteiger partial charge < -0.3 is 25.2 Å². The number of pyridine rings is 2. The van der Waals surface area contributed by atoms with E-state index in [0.717, 1.165) is 67.8 Å². The molecule has 0 spiro atoms. The van der Waals surface area contributed by atoms with E-state index in [9.17, 15) is 19.2 Å². The summed E-state index contributed by atoms with van der Waals surface area (Å²) in [4.78, 5) is 71.1. The molecule has 5 aromatic rings. The summed E-state index contributed by atoms with van der Waals surface area (Å²) < 4.78 is 9.05. The van der Waals surface area contributed by atoms with Crippen LogP contribution in [0.4, 0.5) is 23.1 Å². The highest BCUT2D eigenvalue weighted by Gasteiger charge is 2.35. The molecule has 1 aromatic carbocycles. The van der Waals surface area contributed by atoms with E-state index in [0.29, 0.717) is 52.3 Å². The average molecular weight is 853 g/mol. The van der Waals surface area contributed by atoms with Crippen molar-refractivity contribution in [2.75, 3.05) is 61.5 Å². The van der Waals surface area contributed by atoms with E-state index < -0.39 is 5.92 Å². The number of fused-ring (bicyclic) bond motifs is 2. The topological polar surface area (TPSA) is 185 Å². The van der Waals surface area contributed by atoms with Crippen molar-refractivity contribution in [1.82, 2.24) is 44.8 Å². The molecule has 3 N–H and O–H groups in total. The van der Waals surface area contributed by atoms with Crippen LogP contribution in [0.1, 0.15) is 71.0 Å². The second-order valence-corrected chi connectivity index (χ2v) is 17.2. The standard InChI is InChI=1S/C43H53ClN12O5/c1-24(2)56-40-28(17-34(42(56)60)61-23-36(58)45-5)16-29(18-46-40)48-39-32(44)19-47-43(50-39)55-21-25(3)54(20-26(55)4)22-27-12-14-53(15-13-27)33-9-7-8-30-37(51-52(6)38(30)33)31-10-11-35(57)49-41(31)59/h7-9,16-19,24-27,31H,10-15,20-23H2,1-6H3,(H,45,58)(H,47,48,50)(H,49,57,59)/t25-,26+,31?/m1/s1. The maximum absolute atomic E-state index is 13.3. The number of aromatic nitrogens is 6. The third-order valence-electron chi connectivity index (χ3n) is 12.2. The molecule has 0 aliphatic carbocycles. The van der Waals surface area contributed by atoms with Gasteiger partial charge in [-0.1, -0.05) is 23.7 Å². The van der Waals surface area contributed by atoms with Crippen molar-refractivity contribution in [1.29, 1.82) is 0 Å². The number of para-hydroxylation sites is 1. The molecule has 3 amide bonds. The molecule has 0 saturated carbocycles. The van der Waals surface area contributed by atoms with Crippen LogP contribution in [0.2, 0.25) is 5.02 Å². The van der Waals surface area contributed by atoms with E-state index in [-0.39, 0.29) is 53.8 Å². The fraction of sp³-hybridized carbons (Fsp3) is 0.488. The van der Waals surface area contributed by atoms with Crippen molar-refractivity contribution in [3.8, 4) is 5.75 Å². The molecule has 3 atom stereocenters. The molecular weight excluding hydrogens is 800 g/mol. The van der Waals surface area contributed by atoms with Crippen molar-refractivity contribution < 1.29 is 19.1 Å². The van der Waals surface area contributed by atoms with Gasteiger partial charge in [0.1, 0.15) is 10.7 Å². The number of piperazine rings is 1. The fourth-order valence-corrected chi connectivity index (χ4v) is 9.16. The molecule has 3 aliphatic rings. The first kappa shape index (κ1) is 41.9. The highest BCUT2D eigenvalue weighted by molar-refractivity contribution is 6.33. The molecule has 4 aromatic heterocycles. The molecule has 1 unspecified atom stereocenters. The molecular formula is C43H53ClN12O5. The normalized spacial score (nSPS) is 20.4. The lowest BCUT2D eigenvalue weighted by Gasteiger charge is -2.46. The Morgan fingerprint density at radius 3 is 2.56 bits per heavy atom. The number of ether oxygens (including phenoxy) is 1. The second kappa shape index (κ2) is 17.3. The van der Waals surface area contributed by atoms with Gasteiger partial charge in [-0.25, -0.2) is 9.97 Å². The van der Waals surface area contributed by atoms with Gasteiger partial charge in [0, 0.05) is 82.1 Å². The lowest BCUT2D eigenvalue weighted by Crippen LogP contribution is -2.58. The van der Waals surface area contributed by atoms with Crippen LogP contribution in [0.3, 0.4) is 0 Å². The monoisotopic (exact) mass is 852 g/mol. The van der Waals surface area contributed by atoms with Crippen LogP contribution in [0.5, 0.6) is 5.75 Å². The molecule has 18 heteroatoms. The van der Waals surface area contributed by atoms with E-state index >= 15 is 0 Å². The second-order valence-electron chi connectivity index (χ2n) is 16.8. The van der Waals surface area contributed by atoms with Gasteiger partial charge in [0.2, 0.25) is 17.8 Å². The molecule has 3 fully saturated rings. The Morgan fingerprint density at radius 1 is 1.03 bits per heavy atom. The van der Waals surface area contributed by atoms with Crippen molar-refractivity contribution in [3.05, 3.63) is 63.8 Å². The number of anilines is 4. The summed E-state index contributed by atoms with van der Waals surface area (Å²) in [6.45, 7) is 12.4. The number of carbonyl (C=O) groups is 3. The number of hydrogen-bond acceptors (Lipinski definition) is 13. The number of amides is 3. The first-order valence-corrected chi connectivity index (χ1v) is 21.4. The van der Waals surface area contributed by atoms with Gasteiger partial charge in [-0.05, 0) is 71.1 Å². The summed E-state index contributed by atoms with van der Waals surface area (Å²) in [6, 6.07) is 9.88. The highest BCUT2D eigenvalue weighted by atomic mass is 35.5. The van der Waals surface area contributed by atoms with E-state index in [2.05, 4.69) is 60.5 Å². The minimum absolute atomic E-state index is 0.0564. The van der Waals surface area contributed by atoms with Gasteiger partial charge in [0.05, 0.1) is 40.9 Å². The van der Waals surface area contributed by atoms with E-state index in [1.165, 1.54) is 7.05 Å². The number of piperidine rings is 2. The number of rotatable bonds is 11. The molecule has 322 valence electrons. The zero-order valence-electron chi connectivity index (χ0n) is 35.4. The lowest BCUT2D eigenvalue weighted by molar-refractivity contribution is -0.134. The van der Waals surface area contributed by atoms with Crippen LogP contribution in [0.25, 0.3) is 21.9 Å². The SMILES string of the molecule is CNC(=O)COc1cc2cc(Nc3nc(N4C[C@@H](C)N(CC5CCN(c6cccc7c(C8CCC(=O)NC8=O)nn(C)c67)CC5)C[C@@H]4C)ncc3Cl)cnc2n(C(C)C)c1=O. The molecule has 3 aliphatic heterocycles. The zero-order chi connectivity index (χ0) is 43.1. The Kier molecular flexibility index (Phi) is 11.9. The quantitative estimate of drug-likeness (QED) is 0.158. The number of imide groups is 1. The largest absolute Gasteiger partial charge is 0.478 e. The van der Waals surface area contributed by atoms with Crippen LogP contribution >= 0.6 is 11.6 Å². The van der Waals surface area contributed by atoms with Crippen LogP contribution in [0.15, 0.2) is 47.5 Å². The third kappa shape index (κ3) is 8.45. The van der Waals surface area contributed by atoms with Gasteiger partial charge in [-0.2, -0.15) is 10.1 Å². The Labute approximate surface area is 358 Å². The number of benzene rings is 1. The summed E-state index contributed by atoms with van der Waals surface area (Å²) in [6.07, 6.45) is 6.17. The Balaban J connectivity index is 0.913. The molecule has 0 bridgehead atoms. The van der Waals surface area contributed by atoms with Gasteiger partial charge in [-0.15, -0.1) is 0 Å². The minimum atomic E-state index is -0.432. The van der Waals surface area contributed by atoms with E-state index in [1.807, 2.05) is 43.8 Å². The summed E-state index contributed by atoms with van der Waals surface area (Å²) in [5.74, 6) is 0.350. The minimum Gasteiger partial charge on any atom is -0.478 e. The zero-order valence-corrected chi connectivity index (χ0v) is 36.2. The number of hydrogen-bond donors (Lipinski definition) is 3. The van der Waals surface area contributed by atoms with Gasteiger partial charge in [0.15, 0.2) is 18.2 Å². The first-order valence-electron chi connectivity index (χ1n) is 21.0. The molecule has 61 heavy (non-hydrogen) atoms. The molecule has 8 rings (SSSR count). The van der Waals surface area contributed by atoms with Crippen LogP contribution < -0.4 is 36.0 Å². The van der Waals surface area contributed by atoms with E-state index in [1.54, 1.807) is 23.0 Å². The predicted octanol–water partition coefficient (Wildman–Crippen LogP) is 4.51. The van der Waals surface area contributed by atoms with Crippen molar-refractivity contribution in [2.24, 2.45) is 13.0 Å². The smallest absolute Gasteiger partial charge is 0.294 e. The number of carbonyl (C=O) groups excluding carboxylic acids is 3. The van der Waals surface area contributed by atoms with Gasteiger partial charge >= 0.3 is 0 Å². The number of nitrogens with zero attached hydrogens (tertiary/aromatic N) is 9. The predicted molar refractivity (Wildman–Crippen MR) is 235 cm³/mol. The molecule has 0 radical (unpaired) electrons. The van der Waals surface area contributed by atoms with Crippen LogP contribution in [-0.4, -0.2) is 110 Å². The number of aryl methyl sites for hydroxylation is 1. The molecule has 7 heterocycles. The van der Waals surface area contributed by atoms with Gasteiger partial charge in [-0.3, -0.25) is 38.6 Å². The fourth-order valence-electron chi connectivity index (χ4n) is 9.02. The highest BCUT2D eigenvalue weighted by Crippen LogP contribution is 2.37. The summed E-state index contributed by atoms with van der Waals surface area (Å²) in [5.41, 5.74) is 3.62. The van der Waals surface area contributed by atoms with Gasteiger partial charge in [0.25, 0.3) is 11.5 Å². The average Bonchev–Trinajstić information content (AvgIpc) is 3.57. The van der Waals surface area contributed by atoms with Crippen LogP contribution in [0, 0.1) is 5.92 Å². The van der Waals surface area contributed by atoms with E-state index in [4.69, 9.17) is 26.4 Å². The van der Waals surface area contributed by atoms with Crippen molar-refractivity contribution in [2.45, 2.75) is 77.4 Å². The first-order chi connectivity index (χ1) is 29.3. The number of nitrogens with one attached hydrogen (secondary N) is 3. The number of halogens is 1. The third-order valence-corrected chi connectivity index (χ3v) is 12.5. The lowest BCUT2D eigenvalue weighted by atomic mass is 9.92. The maximum Gasteiger partial charge on any atom is 0.294 e. The Bertz CT molecular complexity index is 2550. The molecule has 3 saturated heterocycles. The van der Waals surface area contributed by atoms with Crippen molar-refractivity contribution in [3.63, 3.8) is 0 Å². The Hall–Kier alpha value is -5.81. The summed E-state index contributed by atoms with van der Waals surface area (Å²) >= 11 is 6.66. The van der Waals surface area contributed by atoms with Crippen molar-refractivity contribution >= 4 is 74.4 Å². The number of likely N-dealkylation sites (N-methyl/N-ethyl adjacent to an activating group) is 1. The Morgan fingerprint density at radius 2 is 1.82 bits per heavy atom. The maximum atomic E-state index is 13.3. The molecule has 17 nitrogen and oxygen atoms in total. The van der Waals surface area contributed by atoms with Crippen LogP contribution in [-0.2, 0) is 21.4 Å². The summed E-state index contributed by atoms with van der Waals surface area (Å²) in [5, 5.41) is 15.1. The summed E-state index contributed by atoms with van der Waals surface area (Å²) in [7, 11) is 3.44.